The molecule has 1 amide bonds. The van der Waals surface area contributed by atoms with Crippen LogP contribution >= 0.6 is 0 Å². The van der Waals surface area contributed by atoms with Crippen molar-refractivity contribution in [3.63, 3.8) is 0 Å². The zero-order valence-electron chi connectivity index (χ0n) is 18.4. The molecule has 0 aliphatic carbocycles. The monoisotopic (exact) mass is 444 g/mol. The fourth-order valence-electron chi connectivity index (χ4n) is 4.74. The molecule has 2 unspecified atom stereocenters. The topological polar surface area (TPSA) is 98.5 Å². The van der Waals surface area contributed by atoms with E-state index in [0.29, 0.717) is 36.3 Å². The third-order valence-corrected chi connectivity index (χ3v) is 6.45. The Balaban J connectivity index is 1.12. The number of likely N-dealkylation sites (tertiary alicyclic amines) is 2. The Labute approximate surface area is 189 Å². The third-order valence-electron chi connectivity index (χ3n) is 6.45. The summed E-state index contributed by atoms with van der Waals surface area (Å²) in [6, 6.07) is 8.94. The number of amides is 1. The molecule has 3 aliphatic heterocycles. The first-order valence-corrected chi connectivity index (χ1v) is 11.4. The summed E-state index contributed by atoms with van der Waals surface area (Å²) >= 11 is 0. The average molecular weight is 445 g/mol. The second kappa shape index (κ2) is 11.0. The first kappa shape index (κ1) is 22.8. The molecule has 0 aromatic heterocycles. The van der Waals surface area contributed by atoms with Crippen molar-refractivity contribution in [3.8, 4) is 11.8 Å². The van der Waals surface area contributed by atoms with Crippen LogP contribution in [-0.2, 0) is 9.47 Å². The van der Waals surface area contributed by atoms with Gasteiger partial charge in [-0.05, 0) is 36.1 Å². The molecule has 9 nitrogen and oxygen atoms in total. The summed E-state index contributed by atoms with van der Waals surface area (Å²) in [6.45, 7) is 8.39. The molecule has 1 aromatic rings. The molecule has 0 bridgehead atoms. The van der Waals surface area contributed by atoms with Gasteiger partial charge in [-0.15, -0.1) is 0 Å². The van der Waals surface area contributed by atoms with Gasteiger partial charge in [0, 0.05) is 52.4 Å². The number of fused-ring (bicyclic) bond motifs is 1. The van der Waals surface area contributed by atoms with E-state index in [4.69, 9.17) is 19.5 Å². The van der Waals surface area contributed by atoms with E-state index in [1.165, 1.54) is 0 Å². The maximum absolute atomic E-state index is 12.4. The number of hydrogen-bond acceptors (Lipinski definition) is 8. The average Bonchev–Trinajstić information content (AvgIpc) is 3.37. The van der Waals surface area contributed by atoms with Crippen molar-refractivity contribution in [3.05, 3.63) is 29.8 Å². The highest BCUT2D eigenvalue weighted by Gasteiger charge is 2.42. The molecular formula is C23H32N4O5. The molecule has 3 atom stereocenters. The molecule has 174 valence electrons. The quantitative estimate of drug-likeness (QED) is 0.624. The van der Waals surface area contributed by atoms with Crippen molar-refractivity contribution in [1.82, 2.24) is 14.7 Å². The van der Waals surface area contributed by atoms with Crippen molar-refractivity contribution in [2.75, 3.05) is 78.8 Å². The first-order valence-electron chi connectivity index (χ1n) is 11.4. The summed E-state index contributed by atoms with van der Waals surface area (Å²) in [4.78, 5) is 18.7. The maximum atomic E-state index is 12.4. The molecule has 4 rings (SSSR count). The SMILES string of the molecule is N#Cc1ccc(OC[C@@H](O)CN2CC3CN(C(=O)OCCN4CCOCC4)CC3C2)cc1. The Bertz CT molecular complexity index is 779. The number of β-amino-alcohol motifs (C(OH)–C–C–N with tert-alkyl or cyclic N) is 1. The van der Waals surface area contributed by atoms with E-state index < -0.39 is 6.10 Å². The molecule has 0 spiro atoms. The van der Waals surface area contributed by atoms with Gasteiger partial charge in [0.2, 0.25) is 0 Å². The van der Waals surface area contributed by atoms with Gasteiger partial charge in [0.25, 0.3) is 0 Å². The Morgan fingerprint density at radius 2 is 1.81 bits per heavy atom. The molecule has 3 heterocycles. The number of ether oxygens (including phenoxy) is 3. The Morgan fingerprint density at radius 1 is 1.12 bits per heavy atom. The van der Waals surface area contributed by atoms with Crippen molar-refractivity contribution in [2.24, 2.45) is 11.8 Å². The predicted octanol–water partition coefficient (Wildman–Crippen LogP) is 0.630. The number of aliphatic hydroxyl groups excluding tert-OH is 1. The van der Waals surface area contributed by atoms with Gasteiger partial charge in [-0.3, -0.25) is 9.80 Å². The van der Waals surface area contributed by atoms with Crippen LogP contribution in [0.25, 0.3) is 0 Å². The number of morpholine rings is 1. The number of nitrogens with zero attached hydrogens (tertiary/aromatic N) is 4. The Hall–Kier alpha value is -2.38. The highest BCUT2D eigenvalue weighted by Crippen LogP contribution is 2.31. The molecule has 3 saturated heterocycles. The summed E-state index contributed by atoms with van der Waals surface area (Å²) in [7, 11) is 0. The van der Waals surface area contributed by atoms with Gasteiger partial charge in [0.05, 0.1) is 24.8 Å². The van der Waals surface area contributed by atoms with Crippen LogP contribution in [0.4, 0.5) is 4.79 Å². The lowest BCUT2D eigenvalue weighted by atomic mass is 10.0. The zero-order valence-corrected chi connectivity index (χ0v) is 18.4. The second-order valence-electron chi connectivity index (χ2n) is 8.81. The lowest BCUT2D eigenvalue weighted by Gasteiger charge is -2.27. The van der Waals surface area contributed by atoms with Crippen LogP contribution in [0.3, 0.4) is 0 Å². The van der Waals surface area contributed by atoms with E-state index in [-0.39, 0.29) is 12.7 Å². The molecular weight excluding hydrogens is 412 g/mol. The van der Waals surface area contributed by atoms with Gasteiger partial charge >= 0.3 is 6.09 Å². The first-order chi connectivity index (χ1) is 15.6. The van der Waals surface area contributed by atoms with Crippen LogP contribution < -0.4 is 4.74 Å². The van der Waals surface area contributed by atoms with Crippen LogP contribution in [0, 0.1) is 23.2 Å². The number of carbonyl (C=O) groups is 1. The maximum Gasteiger partial charge on any atom is 0.409 e. The third kappa shape index (κ3) is 6.11. The Kier molecular flexibility index (Phi) is 7.81. The van der Waals surface area contributed by atoms with Crippen LogP contribution in [0.1, 0.15) is 5.56 Å². The van der Waals surface area contributed by atoms with Crippen LogP contribution in [-0.4, -0.2) is 111 Å². The fourth-order valence-corrected chi connectivity index (χ4v) is 4.74. The lowest BCUT2D eigenvalue weighted by Crippen LogP contribution is -2.40. The molecule has 1 aromatic carbocycles. The summed E-state index contributed by atoms with van der Waals surface area (Å²) < 4.78 is 16.5. The minimum Gasteiger partial charge on any atom is -0.491 e. The summed E-state index contributed by atoms with van der Waals surface area (Å²) in [5, 5.41) is 19.2. The predicted molar refractivity (Wildman–Crippen MR) is 116 cm³/mol. The molecule has 0 radical (unpaired) electrons. The van der Waals surface area contributed by atoms with Gasteiger partial charge in [-0.2, -0.15) is 5.26 Å². The molecule has 3 aliphatic rings. The van der Waals surface area contributed by atoms with Gasteiger partial charge in [0.1, 0.15) is 25.1 Å². The lowest BCUT2D eigenvalue weighted by molar-refractivity contribution is 0.0250. The number of aliphatic hydroxyl groups is 1. The van der Waals surface area contributed by atoms with Crippen molar-refractivity contribution in [1.29, 1.82) is 5.26 Å². The fraction of sp³-hybridized carbons (Fsp3) is 0.652. The summed E-state index contributed by atoms with van der Waals surface area (Å²) in [5.41, 5.74) is 0.580. The summed E-state index contributed by atoms with van der Waals surface area (Å²) in [5.74, 6) is 1.49. The van der Waals surface area contributed by atoms with Gasteiger partial charge < -0.3 is 24.2 Å². The minimum atomic E-state index is -0.592. The van der Waals surface area contributed by atoms with E-state index in [1.54, 1.807) is 24.3 Å². The summed E-state index contributed by atoms with van der Waals surface area (Å²) in [6.07, 6.45) is -0.805. The number of nitriles is 1. The Morgan fingerprint density at radius 3 is 2.47 bits per heavy atom. The molecule has 1 N–H and O–H groups in total. The van der Waals surface area contributed by atoms with E-state index in [1.807, 2.05) is 4.90 Å². The largest absolute Gasteiger partial charge is 0.491 e. The molecule has 3 fully saturated rings. The number of rotatable bonds is 8. The number of benzene rings is 1. The van der Waals surface area contributed by atoms with E-state index in [0.717, 1.165) is 59.0 Å². The van der Waals surface area contributed by atoms with Crippen LogP contribution in [0.5, 0.6) is 5.75 Å². The van der Waals surface area contributed by atoms with Crippen LogP contribution in [0.15, 0.2) is 24.3 Å². The van der Waals surface area contributed by atoms with Gasteiger partial charge in [-0.1, -0.05) is 0 Å². The highest BCUT2D eigenvalue weighted by molar-refractivity contribution is 5.68. The van der Waals surface area contributed by atoms with Crippen LogP contribution in [0.2, 0.25) is 0 Å². The standard InChI is InChI=1S/C23H32N4O5/c24-11-18-1-3-22(4-2-18)32-17-21(28)16-26-12-19-14-27(15-20(19)13-26)23(29)31-10-7-25-5-8-30-9-6-25/h1-4,19-21,28H,5-10,12-17H2/t19?,20?,21-/m0/s1. The molecule has 0 saturated carbocycles. The zero-order chi connectivity index (χ0) is 22.3. The molecule has 32 heavy (non-hydrogen) atoms. The van der Waals surface area contributed by atoms with E-state index in [9.17, 15) is 9.90 Å². The van der Waals surface area contributed by atoms with E-state index >= 15 is 0 Å². The van der Waals surface area contributed by atoms with Crippen molar-refractivity contribution >= 4 is 6.09 Å². The smallest absolute Gasteiger partial charge is 0.409 e. The number of hydrogen-bond donors (Lipinski definition) is 1. The van der Waals surface area contributed by atoms with Crippen molar-refractivity contribution < 1.29 is 24.1 Å². The normalized spacial score (nSPS) is 24.7. The van der Waals surface area contributed by atoms with Gasteiger partial charge in [0.15, 0.2) is 0 Å². The number of carbonyl (C=O) groups excluding carboxylic acids is 1. The minimum absolute atomic E-state index is 0.208. The van der Waals surface area contributed by atoms with Gasteiger partial charge in [-0.25, -0.2) is 4.79 Å². The van der Waals surface area contributed by atoms with Crippen molar-refractivity contribution in [2.45, 2.75) is 6.10 Å². The highest BCUT2D eigenvalue weighted by atomic mass is 16.6. The molecule has 9 heteroatoms. The van der Waals surface area contributed by atoms with E-state index in [2.05, 4.69) is 15.9 Å². The second-order valence-corrected chi connectivity index (χ2v) is 8.81.